The van der Waals surface area contributed by atoms with Crippen LogP contribution in [0.25, 0.3) is 0 Å². The smallest absolute Gasteiger partial charge is 0.138 e. The number of H-pyrrole nitrogens is 1. The van der Waals surface area contributed by atoms with E-state index < -0.39 is 0 Å². The number of hydrogen-bond acceptors (Lipinski definition) is 4. The van der Waals surface area contributed by atoms with Crippen molar-refractivity contribution in [3.63, 3.8) is 0 Å². The molecule has 1 atom stereocenters. The van der Waals surface area contributed by atoms with Gasteiger partial charge in [-0.05, 0) is 13.0 Å². The predicted octanol–water partition coefficient (Wildman–Crippen LogP) is 1.30. The van der Waals surface area contributed by atoms with Gasteiger partial charge < -0.3 is 10.3 Å². The lowest BCUT2D eigenvalue weighted by Crippen LogP contribution is -2.25. The number of nitrogens with zero attached hydrogens (tertiary/aromatic N) is 4. The lowest BCUT2D eigenvalue weighted by atomic mass is 10.2. The highest BCUT2D eigenvalue weighted by Gasteiger charge is 2.16. The number of nitrogens with one attached hydrogen (secondary N) is 2. The molecule has 2 rings (SSSR count). The topological polar surface area (TPSA) is 71.4 Å². The van der Waals surface area contributed by atoms with E-state index >= 15 is 0 Å². The lowest BCUT2D eigenvalue weighted by molar-refractivity contribution is 0.484. The second-order valence-corrected chi connectivity index (χ2v) is 4.19. The molecule has 0 fully saturated rings. The molecule has 2 heterocycles. The normalized spacial score (nSPS) is 12.8. The number of hydrogen-bond donors (Lipinski definition) is 2. The molecule has 0 amide bonds. The molecule has 0 saturated heterocycles. The highest BCUT2D eigenvalue weighted by Crippen LogP contribution is 2.13. The van der Waals surface area contributed by atoms with Crippen LogP contribution in [0.5, 0.6) is 0 Å². The van der Waals surface area contributed by atoms with Gasteiger partial charge in [0.2, 0.25) is 0 Å². The monoisotopic (exact) mass is 248 g/mol. The third-order valence-electron chi connectivity index (χ3n) is 2.82. The van der Waals surface area contributed by atoms with E-state index in [4.69, 9.17) is 0 Å². The molecule has 2 N–H and O–H groups in total. The van der Waals surface area contributed by atoms with Gasteiger partial charge in [0.25, 0.3) is 0 Å². The molecular weight excluding hydrogens is 228 g/mol. The number of imidazole rings is 1. The van der Waals surface area contributed by atoms with Gasteiger partial charge in [-0.1, -0.05) is 13.8 Å². The molecule has 98 valence electrons. The Morgan fingerprint density at radius 1 is 1.39 bits per heavy atom. The maximum atomic E-state index is 4.34. The molecule has 0 aliphatic heterocycles. The van der Waals surface area contributed by atoms with Crippen LogP contribution < -0.4 is 5.32 Å². The summed E-state index contributed by atoms with van der Waals surface area (Å²) in [6.45, 7) is 6.03. The quantitative estimate of drug-likeness (QED) is 0.775. The summed E-state index contributed by atoms with van der Waals surface area (Å²) in [5, 5.41) is 7.67. The van der Waals surface area contributed by atoms with Crippen LogP contribution in [-0.4, -0.2) is 31.3 Å². The van der Waals surface area contributed by atoms with E-state index in [0.717, 1.165) is 37.6 Å². The number of aryl methyl sites for hydroxylation is 1. The number of aromatic nitrogens is 5. The van der Waals surface area contributed by atoms with Gasteiger partial charge in [-0.3, -0.25) is 4.68 Å². The lowest BCUT2D eigenvalue weighted by Gasteiger charge is -2.15. The van der Waals surface area contributed by atoms with Crippen molar-refractivity contribution in [2.45, 2.75) is 39.3 Å². The molecule has 0 saturated carbocycles. The molecule has 2 aromatic heterocycles. The zero-order chi connectivity index (χ0) is 12.8. The summed E-state index contributed by atoms with van der Waals surface area (Å²) in [6, 6.07) is 0.157. The Morgan fingerprint density at radius 3 is 2.94 bits per heavy atom. The fourth-order valence-electron chi connectivity index (χ4n) is 2.01. The number of rotatable bonds is 7. The van der Waals surface area contributed by atoms with Gasteiger partial charge >= 0.3 is 0 Å². The Morgan fingerprint density at radius 2 is 2.28 bits per heavy atom. The van der Waals surface area contributed by atoms with E-state index in [9.17, 15) is 0 Å². The second-order valence-electron chi connectivity index (χ2n) is 4.19. The first kappa shape index (κ1) is 12.8. The van der Waals surface area contributed by atoms with Crippen molar-refractivity contribution < 1.29 is 0 Å². The molecule has 0 bridgehead atoms. The minimum atomic E-state index is 0.157. The number of likely N-dealkylation sites (N-methyl/N-ethyl adjacent to an activating group) is 1. The number of aromatic amines is 1. The van der Waals surface area contributed by atoms with Crippen molar-refractivity contribution in [3.8, 4) is 0 Å². The zero-order valence-corrected chi connectivity index (χ0v) is 10.9. The summed E-state index contributed by atoms with van der Waals surface area (Å²) in [6.07, 6.45) is 7.09. The zero-order valence-electron chi connectivity index (χ0n) is 10.9. The molecular formula is C12H20N6. The van der Waals surface area contributed by atoms with Crippen LogP contribution in [0.1, 0.15) is 38.0 Å². The van der Waals surface area contributed by atoms with Crippen molar-refractivity contribution in [3.05, 3.63) is 30.4 Å². The van der Waals surface area contributed by atoms with Gasteiger partial charge in [0.05, 0.1) is 6.04 Å². The van der Waals surface area contributed by atoms with Crippen LogP contribution >= 0.6 is 0 Å². The molecule has 0 aromatic carbocycles. The van der Waals surface area contributed by atoms with Crippen LogP contribution in [0.3, 0.4) is 0 Å². The van der Waals surface area contributed by atoms with E-state index in [1.54, 1.807) is 12.5 Å². The van der Waals surface area contributed by atoms with Crippen molar-refractivity contribution in [2.24, 2.45) is 0 Å². The van der Waals surface area contributed by atoms with E-state index in [-0.39, 0.29) is 6.04 Å². The van der Waals surface area contributed by atoms with Crippen LogP contribution in [0.2, 0.25) is 0 Å². The van der Waals surface area contributed by atoms with Crippen LogP contribution in [0.15, 0.2) is 18.7 Å². The van der Waals surface area contributed by atoms with E-state index in [1.807, 2.05) is 10.9 Å². The Bertz CT molecular complexity index is 447. The second kappa shape index (κ2) is 6.30. The van der Waals surface area contributed by atoms with Crippen molar-refractivity contribution in [1.29, 1.82) is 0 Å². The minimum absolute atomic E-state index is 0.157. The maximum absolute atomic E-state index is 4.34. The molecule has 0 aliphatic carbocycles. The summed E-state index contributed by atoms with van der Waals surface area (Å²) in [4.78, 5) is 11.8. The summed E-state index contributed by atoms with van der Waals surface area (Å²) >= 11 is 0. The predicted molar refractivity (Wildman–Crippen MR) is 69.0 cm³/mol. The largest absolute Gasteiger partial charge is 0.347 e. The molecule has 18 heavy (non-hydrogen) atoms. The Labute approximate surface area is 107 Å². The van der Waals surface area contributed by atoms with Gasteiger partial charge in [-0.25, -0.2) is 9.97 Å². The molecule has 0 radical (unpaired) electrons. The first-order valence-electron chi connectivity index (χ1n) is 6.44. The molecule has 6 nitrogen and oxygen atoms in total. The van der Waals surface area contributed by atoms with Crippen molar-refractivity contribution >= 4 is 0 Å². The first-order valence-corrected chi connectivity index (χ1v) is 6.44. The first-order chi connectivity index (χ1) is 8.85. The Hall–Kier alpha value is -1.69. The van der Waals surface area contributed by atoms with Gasteiger partial charge in [0.15, 0.2) is 0 Å². The third-order valence-corrected chi connectivity index (χ3v) is 2.82. The molecule has 6 heteroatoms. The van der Waals surface area contributed by atoms with E-state index in [0.29, 0.717) is 0 Å². The van der Waals surface area contributed by atoms with E-state index in [2.05, 4.69) is 39.2 Å². The molecule has 1 unspecified atom stereocenters. The molecule has 2 aromatic rings. The van der Waals surface area contributed by atoms with Crippen molar-refractivity contribution in [1.82, 2.24) is 30.0 Å². The average molecular weight is 248 g/mol. The van der Waals surface area contributed by atoms with Crippen molar-refractivity contribution in [2.75, 3.05) is 6.54 Å². The third kappa shape index (κ3) is 2.95. The summed E-state index contributed by atoms with van der Waals surface area (Å²) in [5.74, 6) is 1.95. The van der Waals surface area contributed by atoms with Crippen LogP contribution in [0.4, 0.5) is 0 Å². The summed E-state index contributed by atoms with van der Waals surface area (Å²) in [5.41, 5.74) is 0. The SMILES string of the molecule is CCCn1ncnc1CC(NCC)c1ncc[nH]1. The van der Waals surface area contributed by atoms with Gasteiger partial charge in [0, 0.05) is 25.4 Å². The minimum Gasteiger partial charge on any atom is -0.347 e. The van der Waals surface area contributed by atoms with Crippen LogP contribution in [-0.2, 0) is 13.0 Å². The van der Waals surface area contributed by atoms with Gasteiger partial charge in [-0.2, -0.15) is 5.10 Å². The fourth-order valence-corrected chi connectivity index (χ4v) is 2.01. The van der Waals surface area contributed by atoms with Gasteiger partial charge in [0.1, 0.15) is 18.0 Å². The molecule has 0 aliphatic rings. The summed E-state index contributed by atoms with van der Waals surface area (Å²) in [7, 11) is 0. The highest BCUT2D eigenvalue weighted by atomic mass is 15.3. The summed E-state index contributed by atoms with van der Waals surface area (Å²) < 4.78 is 1.97. The molecule has 0 spiro atoms. The van der Waals surface area contributed by atoms with E-state index in [1.165, 1.54) is 0 Å². The maximum Gasteiger partial charge on any atom is 0.138 e. The average Bonchev–Trinajstić information content (AvgIpc) is 3.01. The Kier molecular flexibility index (Phi) is 4.46. The Balaban J connectivity index is 2.11. The van der Waals surface area contributed by atoms with Gasteiger partial charge in [-0.15, -0.1) is 0 Å². The highest BCUT2D eigenvalue weighted by molar-refractivity contribution is 5.01. The fraction of sp³-hybridized carbons (Fsp3) is 0.583. The standard InChI is InChI=1S/C12H20N6/c1-3-7-18-11(16-9-17-18)8-10(13-4-2)12-14-5-6-15-12/h5-6,9-10,13H,3-4,7-8H2,1-2H3,(H,14,15). The van der Waals surface area contributed by atoms with Crippen LogP contribution in [0, 0.1) is 0 Å².